The van der Waals surface area contributed by atoms with E-state index >= 15 is 0 Å². The minimum Gasteiger partial charge on any atom is -0.321 e. The van der Waals surface area contributed by atoms with E-state index in [9.17, 15) is 9.59 Å². The summed E-state index contributed by atoms with van der Waals surface area (Å²) in [6.07, 6.45) is 7.70. The topological polar surface area (TPSA) is 54.3 Å². The number of anilines is 1. The third-order valence-electron chi connectivity index (χ3n) is 5.59. The summed E-state index contributed by atoms with van der Waals surface area (Å²) in [6, 6.07) is 7.82. The second-order valence-electron chi connectivity index (χ2n) is 7.06. The summed E-state index contributed by atoms with van der Waals surface area (Å²) in [5.41, 5.74) is 0.647. The van der Waals surface area contributed by atoms with E-state index in [4.69, 9.17) is 0 Å². The molecule has 24 heavy (non-hydrogen) atoms. The van der Waals surface area contributed by atoms with Crippen molar-refractivity contribution in [3.8, 4) is 0 Å². The van der Waals surface area contributed by atoms with Crippen LogP contribution in [0.5, 0.6) is 0 Å². The molecule has 2 heterocycles. The third kappa shape index (κ3) is 2.58. The minimum atomic E-state index is -0.0440. The molecule has 2 atom stereocenters. The highest BCUT2D eigenvalue weighted by Crippen LogP contribution is 2.37. The number of carbonyl (C=O) groups is 1. The van der Waals surface area contributed by atoms with Crippen molar-refractivity contribution >= 4 is 22.5 Å². The molecule has 4 rings (SSSR count). The number of aryl methyl sites for hydroxylation is 1. The molecule has 0 radical (unpaired) electrons. The number of aromatic nitrogens is 1. The molecule has 2 unspecified atom stereocenters. The van der Waals surface area contributed by atoms with Crippen LogP contribution in [0.3, 0.4) is 0 Å². The zero-order chi connectivity index (χ0) is 16.7. The molecule has 5 heteroatoms. The van der Waals surface area contributed by atoms with Gasteiger partial charge in [0.1, 0.15) is 0 Å². The summed E-state index contributed by atoms with van der Waals surface area (Å²) in [7, 11) is 1.74. The molecule has 5 nitrogen and oxygen atoms in total. The molecule has 0 bridgehead atoms. The molecular weight excluding hydrogens is 302 g/mol. The number of rotatable bonds is 1. The highest BCUT2D eigenvalue weighted by Gasteiger charge is 2.37. The van der Waals surface area contributed by atoms with E-state index in [1.807, 2.05) is 23.1 Å². The summed E-state index contributed by atoms with van der Waals surface area (Å²) >= 11 is 0. The number of amides is 2. The molecule has 1 N–H and O–H groups in total. The van der Waals surface area contributed by atoms with E-state index in [1.54, 1.807) is 23.9 Å². The Hall–Kier alpha value is -2.30. The van der Waals surface area contributed by atoms with E-state index < -0.39 is 0 Å². The summed E-state index contributed by atoms with van der Waals surface area (Å²) in [6.45, 7) is 0.836. The lowest BCUT2D eigenvalue weighted by atomic mass is 9.92. The standard InChI is InChI=1S/C19H23N3O2/c1-21-11-9-13-7-8-15(12-16(13)18(21)23)20-19(24)22-10-3-5-14-4-2-6-17(14)22/h7-9,11-12,14,17H,2-6,10H2,1H3,(H,20,24). The number of piperidine rings is 1. The number of nitrogens with zero attached hydrogens (tertiary/aromatic N) is 2. The molecule has 1 aromatic carbocycles. The van der Waals surface area contributed by atoms with E-state index in [0.29, 0.717) is 23.0 Å². The van der Waals surface area contributed by atoms with E-state index in [2.05, 4.69) is 5.32 Å². The van der Waals surface area contributed by atoms with Crippen LogP contribution in [-0.2, 0) is 7.05 Å². The van der Waals surface area contributed by atoms with E-state index in [1.165, 1.54) is 19.3 Å². The van der Waals surface area contributed by atoms with Gasteiger partial charge in [0.25, 0.3) is 5.56 Å². The van der Waals surface area contributed by atoms with Crippen molar-refractivity contribution in [3.05, 3.63) is 40.8 Å². The normalized spacial score (nSPS) is 23.3. The highest BCUT2D eigenvalue weighted by molar-refractivity contribution is 5.93. The Labute approximate surface area is 141 Å². The Morgan fingerprint density at radius 3 is 2.88 bits per heavy atom. The summed E-state index contributed by atoms with van der Waals surface area (Å²) in [5.74, 6) is 0.674. The average Bonchev–Trinajstić information content (AvgIpc) is 3.07. The van der Waals surface area contributed by atoms with Gasteiger partial charge >= 0.3 is 6.03 Å². The largest absolute Gasteiger partial charge is 0.322 e. The molecule has 2 fully saturated rings. The fraction of sp³-hybridized carbons (Fsp3) is 0.474. The van der Waals surface area contributed by atoms with E-state index in [-0.39, 0.29) is 11.6 Å². The zero-order valence-corrected chi connectivity index (χ0v) is 14.0. The predicted octanol–water partition coefficient (Wildman–Crippen LogP) is 3.33. The summed E-state index contributed by atoms with van der Waals surface area (Å²) in [5, 5.41) is 4.53. The van der Waals surface area contributed by atoms with Crippen molar-refractivity contribution < 1.29 is 4.79 Å². The molecule has 1 aliphatic carbocycles. The van der Waals surface area contributed by atoms with Gasteiger partial charge in [0.05, 0.1) is 0 Å². The van der Waals surface area contributed by atoms with Crippen LogP contribution in [0, 0.1) is 5.92 Å². The lowest BCUT2D eigenvalue weighted by Gasteiger charge is -2.37. The summed E-state index contributed by atoms with van der Waals surface area (Å²) in [4.78, 5) is 27.0. The van der Waals surface area contributed by atoms with Crippen LogP contribution < -0.4 is 10.9 Å². The second-order valence-corrected chi connectivity index (χ2v) is 7.06. The Balaban J connectivity index is 1.58. The predicted molar refractivity (Wildman–Crippen MR) is 95.3 cm³/mol. The molecule has 2 amide bonds. The van der Waals surface area contributed by atoms with Crippen molar-refractivity contribution in [3.63, 3.8) is 0 Å². The molecule has 2 aliphatic rings. The molecule has 126 valence electrons. The van der Waals surface area contributed by atoms with Gasteiger partial charge in [-0.15, -0.1) is 0 Å². The average molecular weight is 325 g/mol. The van der Waals surface area contributed by atoms with Crippen LogP contribution in [0.15, 0.2) is 35.3 Å². The number of pyridine rings is 1. The maximum atomic E-state index is 12.7. The maximum Gasteiger partial charge on any atom is 0.322 e. The van der Waals surface area contributed by atoms with Gasteiger partial charge in [-0.05, 0) is 55.2 Å². The number of hydrogen-bond donors (Lipinski definition) is 1. The fourth-order valence-corrected chi connectivity index (χ4v) is 4.32. The lowest BCUT2D eigenvalue weighted by Crippen LogP contribution is -2.48. The van der Waals surface area contributed by atoms with Gasteiger partial charge in [-0.25, -0.2) is 4.79 Å². The molecule has 1 saturated carbocycles. The smallest absolute Gasteiger partial charge is 0.321 e. The fourth-order valence-electron chi connectivity index (χ4n) is 4.32. The number of likely N-dealkylation sites (tertiary alicyclic amines) is 1. The number of benzene rings is 1. The first-order valence-corrected chi connectivity index (χ1v) is 8.80. The third-order valence-corrected chi connectivity index (χ3v) is 5.59. The Morgan fingerprint density at radius 1 is 1.17 bits per heavy atom. The maximum absolute atomic E-state index is 12.7. The number of nitrogens with one attached hydrogen (secondary N) is 1. The molecule has 1 aromatic heterocycles. The quantitative estimate of drug-likeness (QED) is 0.874. The number of urea groups is 1. The zero-order valence-electron chi connectivity index (χ0n) is 14.0. The first-order valence-electron chi connectivity index (χ1n) is 8.80. The van der Waals surface area contributed by atoms with Gasteiger partial charge in [-0.3, -0.25) is 4.79 Å². The van der Waals surface area contributed by atoms with Crippen LogP contribution >= 0.6 is 0 Å². The Bertz CT molecular complexity index is 842. The molecular formula is C19H23N3O2. The van der Waals surface area contributed by atoms with Crippen molar-refractivity contribution in [2.45, 2.75) is 38.1 Å². The molecule has 1 aliphatic heterocycles. The number of fused-ring (bicyclic) bond motifs is 2. The van der Waals surface area contributed by atoms with Crippen LogP contribution in [0.2, 0.25) is 0 Å². The van der Waals surface area contributed by atoms with Crippen LogP contribution in [0.1, 0.15) is 32.1 Å². The van der Waals surface area contributed by atoms with Crippen molar-refractivity contribution in [1.82, 2.24) is 9.47 Å². The Morgan fingerprint density at radius 2 is 2.00 bits per heavy atom. The Kier molecular flexibility index (Phi) is 3.79. The monoisotopic (exact) mass is 325 g/mol. The van der Waals surface area contributed by atoms with Crippen molar-refractivity contribution in [1.29, 1.82) is 0 Å². The molecule has 2 aromatic rings. The second kappa shape index (κ2) is 5.96. The van der Waals surface area contributed by atoms with Gasteiger partial charge in [0.15, 0.2) is 0 Å². The van der Waals surface area contributed by atoms with Gasteiger partial charge in [-0.1, -0.05) is 12.5 Å². The molecule has 1 saturated heterocycles. The summed E-state index contributed by atoms with van der Waals surface area (Å²) < 4.78 is 1.56. The van der Waals surface area contributed by atoms with Gasteiger partial charge in [-0.2, -0.15) is 0 Å². The highest BCUT2D eigenvalue weighted by atomic mass is 16.2. The first-order chi connectivity index (χ1) is 11.6. The van der Waals surface area contributed by atoms with Gasteiger partial charge in [0.2, 0.25) is 0 Å². The van der Waals surface area contributed by atoms with E-state index in [0.717, 1.165) is 24.8 Å². The number of hydrogen-bond acceptors (Lipinski definition) is 2. The van der Waals surface area contributed by atoms with Gasteiger partial charge in [0, 0.05) is 36.9 Å². The van der Waals surface area contributed by atoms with Crippen molar-refractivity contribution in [2.24, 2.45) is 13.0 Å². The lowest BCUT2D eigenvalue weighted by molar-refractivity contribution is 0.138. The molecule has 0 spiro atoms. The van der Waals surface area contributed by atoms with Crippen molar-refractivity contribution in [2.75, 3.05) is 11.9 Å². The van der Waals surface area contributed by atoms with Crippen LogP contribution in [0.25, 0.3) is 10.8 Å². The SMILES string of the molecule is Cn1ccc2ccc(NC(=O)N3CCCC4CCCC43)cc2c1=O. The first kappa shape index (κ1) is 15.2. The van der Waals surface area contributed by atoms with Gasteiger partial charge < -0.3 is 14.8 Å². The number of carbonyl (C=O) groups excluding carboxylic acids is 1. The van der Waals surface area contributed by atoms with Crippen LogP contribution in [0.4, 0.5) is 10.5 Å². The van der Waals surface area contributed by atoms with Crippen LogP contribution in [-0.4, -0.2) is 28.1 Å². The minimum absolute atomic E-state index is 0.0290.